The van der Waals surface area contributed by atoms with E-state index in [-0.39, 0.29) is 29.5 Å². The van der Waals surface area contributed by atoms with E-state index in [1.165, 1.54) is 12.1 Å². The van der Waals surface area contributed by atoms with Crippen LogP contribution in [0.25, 0.3) is 0 Å². The second-order valence-electron chi connectivity index (χ2n) is 6.94. The van der Waals surface area contributed by atoms with Gasteiger partial charge in [-0.05, 0) is 68.8 Å². The number of allylic oxidation sites excluding steroid dienone is 1. The van der Waals surface area contributed by atoms with Crippen LogP contribution in [0.5, 0.6) is 0 Å². The number of fused-ring (bicyclic) bond motifs is 2. The van der Waals surface area contributed by atoms with Crippen LogP contribution in [0.1, 0.15) is 51.0 Å². The lowest BCUT2D eigenvalue weighted by Gasteiger charge is -2.39. The van der Waals surface area contributed by atoms with Crippen molar-refractivity contribution >= 4 is 24.2 Å². The Kier molecular flexibility index (Phi) is 4.81. The molecule has 128 valence electrons. The second-order valence-corrected chi connectivity index (χ2v) is 7.69. The number of rotatable bonds is 3. The van der Waals surface area contributed by atoms with Crippen LogP contribution in [0.2, 0.25) is 0 Å². The van der Waals surface area contributed by atoms with Crippen molar-refractivity contribution < 1.29 is 9.18 Å². The average Bonchev–Trinajstić information content (AvgIpc) is 2.83. The zero-order valence-electron chi connectivity index (χ0n) is 14.1. The van der Waals surface area contributed by atoms with E-state index in [9.17, 15) is 9.18 Å². The smallest absolute Gasteiger partial charge is 0.272 e. The van der Waals surface area contributed by atoms with E-state index in [0.717, 1.165) is 36.2 Å². The Morgan fingerprint density at radius 3 is 2.21 bits per heavy atom. The van der Waals surface area contributed by atoms with Gasteiger partial charge in [0.15, 0.2) is 0 Å². The molecule has 1 amide bonds. The van der Waals surface area contributed by atoms with Crippen LogP contribution in [-0.4, -0.2) is 28.6 Å². The van der Waals surface area contributed by atoms with Crippen LogP contribution in [0.15, 0.2) is 34.7 Å². The normalized spacial score (nSPS) is 27.0. The lowest BCUT2D eigenvalue weighted by atomic mass is 9.84. The van der Waals surface area contributed by atoms with Gasteiger partial charge < -0.3 is 4.90 Å². The number of piperidine rings is 1. The molecule has 1 aromatic carbocycles. The van der Waals surface area contributed by atoms with Crippen LogP contribution in [0.3, 0.4) is 0 Å². The number of nitrogens with one attached hydrogen (secondary N) is 1. The molecule has 5 heteroatoms. The number of hydrogen-bond acceptors (Lipinski definition) is 2. The van der Waals surface area contributed by atoms with Crippen molar-refractivity contribution in [3.63, 3.8) is 0 Å². The third-order valence-corrected chi connectivity index (χ3v) is 5.84. The molecule has 2 fully saturated rings. The SMILES string of the molecule is C/C([SH2+])=C(\C)C(=N)C(=O)N1[C@@H]2CC[C@H]1CC(c1ccc(F)cc1)C2. The van der Waals surface area contributed by atoms with Crippen molar-refractivity contribution in [3.8, 4) is 0 Å². The van der Waals surface area contributed by atoms with E-state index in [4.69, 9.17) is 5.41 Å². The van der Waals surface area contributed by atoms with Gasteiger partial charge in [0.1, 0.15) is 16.4 Å². The standard InChI is InChI=1S/C19H23FN2OS/c1-11(12(2)24)18(21)19(23)22-16-7-8-17(22)10-14(9-16)13-3-5-15(20)6-4-13/h3-6,14,16-17,21,24H,7-10H2,1-2H3/p+1/b12-11-,21-18?/t14?,16-,17+. The maximum absolute atomic E-state index is 13.1. The van der Waals surface area contributed by atoms with Gasteiger partial charge in [0, 0.05) is 24.6 Å². The lowest BCUT2D eigenvalue weighted by Crippen LogP contribution is -2.48. The molecule has 2 saturated heterocycles. The first-order valence-corrected chi connectivity index (χ1v) is 8.94. The maximum Gasteiger partial charge on any atom is 0.272 e. The minimum Gasteiger partial charge on any atom is -0.331 e. The molecule has 2 bridgehead atoms. The first-order valence-electron chi connectivity index (χ1n) is 8.44. The van der Waals surface area contributed by atoms with E-state index in [1.807, 2.05) is 24.0 Å². The molecule has 0 radical (unpaired) electrons. The summed E-state index contributed by atoms with van der Waals surface area (Å²) in [5.41, 5.74) is 1.93. The van der Waals surface area contributed by atoms with Gasteiger partial charge in [0.2, 0.25) is 0 Å². The highest BCUT2D eigenvalue weighted by molar-refractivity contribution is 7.63. The van der Waals surface area contributed by atoms with Gasteiger partial charge in [-0.25, -0.2) is 4.39 Å². The summed E-state index contributed by atoms with van der Waals surface area (Å²) in [5, 5.41) is 8.19. The summed E-state index contributed by atoms with van der Waals surface area (Å²) < 4.78 is 13.1. The monoisotopic (exact) mass is 347 g/mol. The Bertz CT molecular complexity index is 680. The zero-order valence-corrected chi connectivity index (χ0v) is 15.1. The van der Waals surface area contributed by atoms with Crippen LogP contribution in [-0.2, 0) is 17.4 Å². The molecule has 1 aromatic rings. The van der Waals surface area contributed by atoms with E-state index in [2.05, 4.69) is 12.6 Å². The minimum atomic E-state index is -0.213. The largest absolute Gasteiger partial charge is 0.331 e. The Balaban J connectivity index is 1.76. The first-order chi connectivity index (χ1) is 11.4. The van der Waals surface area contributed by atoms with Gasteiger partial charge in [-0.2, -0.15) is 0 Å². The van der Waals surface area contributed by atoms with Crippen molar-refractivity contribution in [1.82, 2.24) is 4.90 Å². The highest BCUT2D eigenvalue weighted by Gasteiger charge is 2.44. The summed E-state index contributed by atoms with van der Waals surface area (Å²) in [7, 11) is 0. The van der Waals surface area contributed by atoms with E-state index in [0.29, 0.717) is 11.5 Å². The molecule has 3 rings (SSSR count). The van der Waals surface area contributed by atoms with Gasteiger partial charge in [-0.15, -0.1) is 0 Å². The van der Waals surface area contributed by atoms with Crippen molar-refractivity contribution in [2.75, 3.05) is 0 Å². The van der Waals surface area contributed by atoms with Crippen molar-refractivity contribution in [3.05, 3.63) is 46.1 Å². The molecule has 1 unspecified atom stereocenters. The molecule has 24 heavy (non-hydrogen) atoms. The number of halogens is 1. The predicted molar refractivity (Wildman–Crippen MR) is 98.3 cm³/mol. The molecular weight excluding hydrogens is 323 g/mol. The van der Waals surface area contributed by atoms with Gasteiger partial charge in [0.25, 0.3) is 5.91 Å². The molecule has 2 aliphatic heterocycles. The highest BCUT2D eigenvalue weighted by Crippen LogP contribution is 2.43. The molecule has 0 spiro atoms. The number of carbonyl (C=O) groups is 1. The Morgan fingerprint density at radius 2 is 1.71 bits per heavy atom. The van der Waals surface area contributed by atoms with Gasteiger partial charge in [-0.1, -0.05) is 12.1 Å². The molecule has 2 aliphatic rings. The first kappa shape index (κ1) is 17.2. The number of benzene rings is 1. The quantitative estimate of drug-likeness (QED) is 0.661. The number of amides is 1. The van der Waals surface area contributed by atoms with Gasteiger partial charge in [0.05, 0.1) is 0 Å². The summed E-state index contributed by atoms with van der Waals surface area (Å²) in [6.45, 7) is 3.65. The summed E-state index contributed by atoms with van der Waals surface area (Å²) in [6, 6.07) is 7.12. The molecule has 2 heterocycles. The summed E-state index contributed by atoms with van der Waals surface area (Å²) in [6.07, 6.45) is 3.79. The molecular formula is C19H24FN2OS+. The Hall–Kier alpha value is -1.62. The van der Waals surface area contributed by atoms with Gasteiger partial charge in [-0.3, -0.25) is 10.2 Å². The maximum atomic E-state index is 13.1. The van der Waals surface area contributed by atoms with E-state index in [1.54, 1.807) is 6.92 Å². The number of nitrogens with zero attached hydrogens (tertiary/aromatic N) is 1. The molecule has 0 saturated carbocycles. The second kappa shape index (κ2) is 6.71. The fourth-order valence-corrected chi connectivity index (χ4v) is 4.12. The highest BCUT2D eigenvalue weighted by atomic mass is 32.1. The van der Waals surface area contributed by atoms with E-state index < -0.39 is 0 Å². The minimum absolute atomic E-state index is 0.0830. The fraction of sp³-hybridized carbons (Fsp3) is 0.474. The molecule has 3 nitrogen and oxygen atoms in total. The summed E-state index contributed by atoms with van der Waals surface area (Å²) in [4.78, 5) is 15.5. The third-order valence-electron chi connectivity index (χ3n) is 5.46. The molecule has 3 atom stereocenters. The zero-order chi connectivity index (χ0) is 17.4. The van der Waals surface area contributed by atoms with Gasteiger partial charge >= 0.3 is 0 Å². The van der Waals surface area contributed by atoms with Crippen LogP contribution in [0, 0.1) is 11.2 Å². The fourth-order valence-electron chi connectivity index (χ4n) is 3.99. The topological polar surface area (TPSA) is 44.2 Å². The van der Waals surface area contributed by atoms with Crippen molar-refractivity contribution in [1.29, 1.82) is 5.41 Å². The van der Waals surface area contributed by atoms with Crippen LogP contribution in [0.4, 0.5) is 4.39 Å². The van der Waals surface area contributed by atoms with Crippen LogP contribution >= 0.6 is 0 Å². The molecule has 1 N–H and O–H groups in total. The Morgan fingerprint density at radius 1 is 1.17 bits per heavy atom. The number of hydrogen-bond donors (Lipinski definition) is 1. The number of carbonyl (C=O) groups excluding carboxylic acids is 1. The summed E-state index contributed by atoms with van der Waals surface area (Å²) in [5.74, 6) is 0.000630. The molecule has 0 aromatic heterocycles. The van der Waals surface area contributed by atoms with Crippen molar-refractivity contribution in [2.45, 2.75) is 57.5 Å². The predicted octanol–water partition coefficient (Wildman–Crippen LogP) is 3.39. The van der Waals surface area contributed by atoms with Crippen LogP contribution < -0.4 is 0 Å². The average molecular weight is 347 g/mol. The summed E-state index contributed by atoms with van der Waals surface area (Å²) >= 11 is 3.41. The Labute approximate surface area is 147 Å². The lowest BCUT2D eigenvalue weighted by molar-refractivity contribution is -0.128. The van der Waals surface area contributed by atoms with E-state index >= 15 is 0 Å². The third kappa shape index (κ3) is 3.14. The van der Waals surface area contributed by atoms with Crippen molar-refractivity contribution in [2.24, 2.45) is 0 Å². The molecule has 0 aliphatic carbocycles.